The Hall–Kier alpha value is -3.35. The van der Waals surface area contributed by atoms with E-state index in [1.807, 2.05) is 64.0 Å². The minimum Gasteiger partial charge on any atom is -0.444 e. The Morgan fingerprint density at radius 3 is 2.56 bits per heavy atom. The van der Waals surface area contributed by atoms with Gasteiger partial charge in [0.05, 0.1) is 15.9 Å². The van der Waals surface area contributed by atoms with Gasteiger partial charge < -0.3 is 24.3 Å². The summed E-state index contributed by atoms with van der Waals surface area (Å²) in [4.78, 5) is 34.8. The van der Waals surface area contributed by atoms with Gasteiger partial charge in [-0.2, -0.15) is 10.1 Å². The van der Waals surface area contributed by atoms with Crippen LogP contribution in [0.4, 0.5) is 10.7 Å². The molecule has 2 bridgehead atoms. The van der Waals surface area contributed by atoms with Crippen LogP contribution in [-0.2, 0) is 30.3 Å². The van der Waals surface area contributed by atoms with Gasteiger partial charge in [0, 0.05) is 75.8 Å². The van der Waals surface area contributed by atoms with E-state index in [9.17, 15) is 9.59 Å². The van der Waals surface area contributed by atoms with Crippen LogP contribution in [0.5, 0.6) is 0 Å². The molecule has 13 heteroatoms. The van der Waals surface area contributed by atoms with Crippen molar-refractivity contribution in [2.75, 3.05) is 11.5 Å². The second-order valence-corrected chi connectivity index (χ2v) is 22.0. The smallest absolute Gasteiger partial charge is 0.407 e. The fourth-order valence-corrected chi connectivity index (χ4v) is 8.36. The van der Waals surface area contributed by atoms with Crippen molar-refractivity contribution < 1.29 is 14.3 Å². The summed E-state index contributed by atoms with van der Waals surface area (Å²) >= 11 is 7.02. The van der Waals surface area contributed by atoms with Crippen molar-refractivity contribution in [3.63, 3.8) is 0 Å². The average Bonchev–Trinajstić information content (AvgIpc) is 3.54. The predicted molar refractivity (Wildman–Crippen MR) is 195 cm³/mol. The van der Waals surface area contributed by atoms with Crippen molar-refractivity contribution in [1.29, 1.82) is 0 Å². The van der Waals surface area contributed by atoms with Gasteiger partial charge in [0.2, 0.25) is 5.95 Å². The highest BCUT2D eigenvalue weighted by Gasteiger charge is 2.44. The maximum atomic E-state index is 14.5. The van der Waals surface area contributed by atoms with Crippen LogP contribution in [0.25, 0.3) is 33.1 Å². The van der Waals surface area contributed by atoms with E-state index in [0.717, 1.165) is 53.8 Å². The first kappa shape index (κ1) is 34.5. The van der Waals surface area contributed by atoms with E-state index in [1.54, 1.807) is 9.25 Å². The number of hydrogen-bond acceptors (Lipinski definition) is 7. The van der Waals surface area contributed by atoms with Gasteiger partial charge in [0.25, 0.3) is 5.56 Å². The van der Waals surface area contributed by atoms with E-state index < -0.39 is 13.7 Å². The largest absolute Gasteiger partial charge is 0.444 e. The second kappa shape index (κ2) is 12.8. The van der Waals surface area contributed by atoms with Crippen LogP contribution < -0.4 is 15.8 Å². The van der Waals surface area contributed by atoms with E-state index in [1.165, 1.54) is 0 Å². The lowest BCUT2D eigenvalue weighted by Gasteiger charge is -2.52. The lowest BCUT2D eigenvalue weighted by molar-refractivity contribution is 0.0474. The molecule has 1 aromatic carbocycles. The Morgan fingerprint density at radius 1 is 1.10 bits per heavy atom. The zero-order chi connectivity index (χ0) is 34.7. The van der Waals surface area contributed by atoms with Gasteiger partial charge in [-0.3, -0.25) is 14.0 Å². The van der Waals surface area contributed by atoms with Crippen LogP contribution in [0.1, 0.15) is 53.4 Å². The number of halogens is 1. The Morgan fingerprint density at radius 2 is 1.85 bits per heavy atom. The maximum absolute atomic E-state index is 14.5. The predicted octanol–water partition coefficient (Wildman–Crippen LogP) is 6.92. The SMILES string of the molecule is C[C@@H]1CC[C@H]2C[C@H](NC(=O)OC(C)(C)C)C[C@@H]1N2c1nc2c(c(-c3ccc4nn(C)cc4c3Cl)cn2COCC[Si](C)(C)C)c(=O)n1C. The number of piperidine rings is 2. The van der Waals surface area contributed by atoms with E-state index in [4.69, 9.17) is 26.1 Å². The number of aromatic nitrogens is 5. The third-order valence-corrected chi connectivity index (χ3v) is 11.8. The summed E-state index contributed by atoms with van der Waals surface area (Å²) in [6.45, 7) is 15.8. The summed E-state index contributed by atoms with van der Waals surface area (Å²) in [6.07, 6.45) is 7.01. The molecule has 4 aromatic rings. The zero-order valence-electron chi connectivity index (χ0n) is 29.8. The number of benzene rings is 1. The third-order valence-electron chi connectivity index (χ3n) is 9.73. The van der Waals surface area contributed by atoms with Crippen molar-refractivity contribution in [2.45, 2.75) is 110 Å². The summed E-state index contributed by atoms with van der Waals surface area (Å²) in [6, 6.07) is 5.12. The molecule has 260 valence electrons. The van der Waals surface area contributed by atoms with Crippen LogP contribution in [0.2, 0.25) is 30.7 Å². The number of anilines is 1. The van der Waals surface area contributed by atoms with Gasteiger partial charge in [-0.25, -0.2) is 4.79 Å². The van der Waals surface area contributed by atoms with Gasteiger partial charge >= 0.3 is 6.09 Å². The fourth-order valence-electron chi connectivity index (χ4n) is 7.29. The second-order valence-electron chi connectivity index (χ2n) is 16.0. The topological polar surface area (TPSA) is 108 Å². The van der Waals surface area contributed by atoms with Crippen molar-refractivity contribution in [3.05, 3.63) is 39.9 Å². The molecule has 0 aliphatic carbocycles. The fraction of sp³-hybridized carbons (Fsp3) is 0.600. The van der Waals surface area contributed by atoms with Crippen molar-refractivity contribution >= 4 is 53.7 Å². The van der Waals surface area contributed by atoms with Gasteiger partial charge in [0.1, 0.15) is 12.3 Å². The van der Waals surface area contributed by atoms with Crippen molar-refractivity contribution in [1.82, 2.24) is 29.2 Å². The van der Waals surface area contributed by atoms with Crippen molar-refractivity contribution in [2.24, 2.45) is 20.0 Å². The first-order chi connectivity index (χ1) is 22.5. The van der Waals surface area contributed by atoms with E-state index in [0.29, 0.717) is 34.5 Å². The van der Waals surface area contributed by atoms with E-state index in [2.05, 4.69) is 41.9 Å². The Bertz CT molecular complexity index is 1900. The van der Waals surface area contributed by atoms with Gasteiger partial charge in [-0.15, -0.1) is 0 Å². The highest BCUT2D eigenvalue weighted by molar-refractivity contribution is 6.76. The molecule has 1 N–H and O–H groups in total. The highest BCUT2D eigenvalue weighted by atomic mass is 35.5. The van der Waals surface area contributed by atoms with Gasteiger partial charge in [0.15, 0.2) is 5.65 Å². The molecule has 2 fully saturated rings. The number of amides is 1. The average molecular weight is 696 g/mol. The lowest BCUT2D eigenvalue weighted by Crippen LogP contribution is -2.61. The molecule has 4 atom stereocenters. The van der Waals surface area contributed by atoms with Crippen LogP contribution in [0.3, 0.4) is 0 Å². The number of carbonyl (C=O) groups excluding carboxylic acids is 1. The quantitative estimate of drug-likeness (QED) is 0.158. The molecule has 11 nitrogen and oxygen atoms in total. The monoisotopic (exact) mass is 695 g/mol. The highest BCUT2D eigenvalue weighted by Crippen LogP contribution is 2.42. The summed E-state index contributed by atoms with van der Waals surface area (Å²) in [7, 11) is 2.39. The lowest BCUT2D eigenvalue weighted by atomic mass is 9.76. The van der Waals surface area contributed by atoms with Crippen molar-refractivity contribution in [3.8, 4) is 11.1 Å². The normalized spacial score (nSPS) is 21.7. The number of ether oxygens (including phenoxy) is 2. The van der Waals surface area contributed by atoms with Crippen LogP contribution in [0.15, 0.2) is 29.3 Å². The summed E-state index contributed by atoms with van der Waals surface area (Å²) in [5.41, 5.74) is 2.16. The molecule has 0 unspecified atom stereocenters. The van der Waals surface area contributed by atoms with Crippen LogP contribution in [-0.4, -0.2) is 68.4 Å². The molecule has 0 spiro atoms. The molecule has 3 aromatic heterocycles. The van der Waals surface area contributed by atoms with Crippen LogP contribution >= 0.6 is 11.6 Å². The number of nitrogens with one attached hydrogen (secondary N) is 1. The molecule has 2 saturated heterocycles. The standard InChI is InChI=1S/C35H50ClN7O4Si/c1-21-10-11-23-16-22(37-34(45)47-35(2,3)4)17-28(21)43(23)33-38-31-29(32(44)41(33)6)25(19-42(31)20-46-14-15-48(7,8)9)24-12-13-27-26(30(24)36)18-40(5)39-27/h12-13,18-19,21-23,28H,10-11,14-17,20H2,1-9H3,(H,37,45)/t21-,22+,23+,28+/m1/s1. The molecule has 0 radical (unpaired) electrons. The minimum atomic E-state index is -1.29. The molecule has 2 aliphatic rings. The van der Waals surface area contributed by atoms with Crippen LogP contribution in [0, 0.1) is 5.92 Å². The molecule has 5 heterocycles. The minimum absolute atomic E-state index is 0.0191. The number of nitrogens with zero attached hydrogens (tertiary/aromatic N) is 6. The number of rotatable bonds is 8. The molecule has 1 amide bonds. The summed E-state index contributed by atoms with van der Waals surface area (Å²) in [5, 5.41) is 9.53. The molecular formula is C35H50ClN7O4Si. The molecule has 0 saturated carbocycles. The first-order valence-electron chi connectivity index (χ1n) is 17.1. The molecule has 6 rings (SSSR count). The number of alkyl carbamates (subject to hydrolysis) is 1. The summed E-state index contributed by atoms with van der Waals surface area (Å²) < 4.78 is 17.2. The number of hydrogen-bond donors (Lipinski definition) is 1. The van der Waals surface area contributed by atoms with E-state index >= 15 is 0 Å². The molecule has 2 aliphatic heterocycles. The Kier molecular flexibility index (Phi) is 9.23. The summed E-state index contributed by atoms with van der Waals surface area (Å²) in [5.74, 6) is 1.00. The molecule has 48 heavy (non-hydrogen) atoms. The Labute approximate surface area is 288 Å². The zero-order valence-corrected chi connectivity index (χ0v) is 31.5. The number of fused-ring (bicyclic) bond motifs is 4. The van der Waals surface area contributed by atoms with Gasteiger partial charge in [-0.1, -0.05) is 44.2 Å². The third kappa shape index (κ3) is 6.89. The number of aryl methyl sites for hydroxylation is 1. The maximum Gasteiger partial charge on any atom is 0.407 e. The first-order valence-corrected chi connectivity index (χ1v) is 21.2. The van der Waals surface area contributed by atoms with E-state index in [-0.39, 0.29) is 36.5 Å². The number of carbonyl (C=O) groups is 1. The Balaban J connectivity index is 1.42. The molecular weight excluding hydrogens is 646 g/mol. The van der Waals surface area contributed by atoms with Gasteiger partial charge in [-0.05, 0) is 64.5 Å².